The third-order valence-corrected chi connectivity index (χ3v) is 6.60. The second-order valence-electron chi connectivity index (χ2n) is 5.55. The number of carbonyl (C=O) groups excluding carboxylic acids is 1. The molecule has 5 nitrogen and oxygen atoms in total. The highest BCUT2D eigenvalue weighted by Crippen LogP contribution is 2.20. The van der Waals surface area contributed by atoms with Gasteiger partial charge in [0.15, 0.2) is 0 Å². The molecule has 0 bridgehead atoms. The zero-order valence-electron chi connectivity index (χ0n) is 13.3. The third kappa shape index (κ3) is 3.97. The highest BCUT2D eigenvalue weighted by Gasteiger charge is 2.31. The molecule has 1 saturated heterocycles. The van der Waals surface area contributed by atoms with E-state index in [1.165, 1.54) is 28.6 Å². The van der Waals surface area contributed by atoms with Crippen molar-refractivity contribution in [3.8, 4) is 0 Å². The number of rotatable bonds is 4. The number of halogens is 1. The Labute approximate surface area is 150 Å². The molecule has 1 fully saturated rings. The number of piperazine rings is 1. The second kappa shape index (κ2) is 7.47. The summed E-state index contributed by atoms with van der Waals surface area (Å²) in [4.78, 5) is 13.5. The lowest BCUT2D eigenvalue weighted by Gasteiger charge is -2.33. The van der Waals surface area contributed by atoms with E-state index < -0.39 is 15.8 Å². The Morgan fingerprint density at radius 3 is 2.48 bits per heavy atom. The van der Waals surface area contributed by atoms with Crippen molar-refractivity contribution in [1.82, 2.24) is 9.21 Å². The summed E-state index contributed by atoms with van der Waals surface area (Å²) in [6.45, 7) is 0.852. The van der Waals surface area contributed by atoms with Gasteiger partial charge in [-0.1, -0.05) is 12.1 Å². The first-order chi connectivity index (χ1) is 12.0. The van der Waals surface area contributed by atoms with E-state index in [2.05, 4.69) is 0 Å². The maximum absolute atomic E-state index is 13.8. The van der Waals surface area contributed by atoms with Crippen molar-refractivity contribution in [2.45, 2.75) is 4.90 Å². The summed E-state index contributed by atoms with van der Waals surface area (Å²) in [6.07, 6.45) is 3.23. The van der Waals surface area contributed by atoms with Gasteiger partial charge in [-0.15, -0.1) is 0 Å². The van der Waals surface area contributed by atoms with Gasteiger partial charge in [0.1, 0.15) is 10.7 Å². The average Bonchev–Trinajstić information content (AvgIpc) is 3.13. The molecule has 0 atom stereocenters. The molecule has 1 aromatic carbocycles. The zero-order chi connectivity index (χ0) is 17.9. The topological polar surface area (TPSA) is 57.7 Å². The van der Waals surface area contributed by atoms with Crippen LogP contribution >= 0.6 is 11.3 Å². The maximum Gasteiger partial charge on any atom is 0.246 e. The number of amides is 1. The number of hydrogen-bond acceptors (Lipinski definition) is 4. The first-order valence-electron chi connectivity index (χ1n) is 7.72. The van der Waals surface area contributed by atoms with Crippen LogP contribution in [0.1, 0.15) is 5.56 Å². The molecule has 132 valence electrons. The van der Waals surface area contributed by atoms with E-state index in [9.17, 15) is 17.6 Å². The number of benzene rings is 1. The Bertz CT molecular complexity index is 871. The van der Waals surface area contributed by atoms with Crippen LogP contribution in [0.3, 0.4) is 0 Å². The van der Waals surface area contributed by atoms with Gasteiger partial charge in [0.2, 0.25) is 15.9 Å². The maximum atomic E-state index is 13.8. The Balaban J connectivity index is 1.63. The lowest BCUT2D eigenvalue weighted by atomic mass is 10.3. The van der Waals surface area contributed by atoms with Crippen molar-refractivity contribution in [3.63, 3.8) is 0 Å². The minimum Gasteiger partial charge on any atom is -0.337 e. The van der Waals surface area contributed by atoms with E-state index >= 15 is 0 Å². The fourth-order valence-corrected chi connectivity index (χ4v) is 4.70. The highest BCUT2D eigenvalue weighted by molar-refractivity contribution is 7.89. The molecule has 1 amide bonds. The lowest BCUT2D eigenvalue weighted by molar-refractivity contribution is -0.127. The van der Waals surface area contributed by atoms with Crippen LogP contribution in [0.15, 0.2) is 52.1 Å². The zero-order valence-corrected chi connectivity index (χ0v) is 15.0. The molecule has 0 spiro atoms. The smallest absolute Gasteiger partial charge is 0.246 e. The summed E-state index contributed by atoms with van der Waals surface area (Å²) in [6, 6.07) is 7.23. The van der Waals surface area contributed by atoms with E-state index in [1.54, 1.807) is 22.3 Å². The molecule has 2 heterocycles. The first kappa shape index (κ1) is 17.8. The minimum absolute atomic E-state index is 0.148. The van der Waals surface area contributed by atoms with Crippen LogP contribution in [-0.2, 0) is 14.8 Å². The summed E-state index contributed by atoms with van der Waals surface area (Å²) in [5.74, 6) is -0.922. The van der Waals surface area contributed by atoms with Crippen LogP contribution < -0.4 is 0 Å². The molecule has 1 aliphatic rings. The van der Waals surface area contributed by atoms with Gasteiger partial charge in [0, 0.05) is 32.3 Å². The van der Waals surface area contributed by atoms with Crippen LogP contribution in [0.5, 0.6) is 0 Å². The van der Waals surface area contributed by atoms with Gasteiger partial charge in [-0.05, 0) is 40.6 Å². The molecular weight excluding hydrogens is 363 g/mol. The summed E-state index contributed by atoms with van der Waals surface area (Å²) >= 11 is 1.55. The van der Waals surface area contributed by atoms with Crippen LogP contribution in [0.2, 0.25) is 0 Å². The Morgan fingerprint density at radius 1 is 1.12 bits per heavy atom. The van der Waals surface area contributed by atoms with Crippen LogP contribution in [0.25, 0.3) is 6.08 Å². The first-order valence-corrected chi connectivity index (χ1v) is 10.1. The molecule has 0 saturated carbocycles. The minimum atomic E-state index is -3.89. The average molecular weight is 380 g/mol. The van der Waals surface area contributed by atoms with E-state index in [0.29, 0.717) is 0 Å². The van der Waals surface area contributed by atoms with E-state index in [1.807, 2.05) is 16.8 Å². The van der Waals surface area contributed by atoms with Crippen molar-refractivity contribution in [1.29, 1.82) is 0 Å². The summed E-state index contributed by atoms with van der Waals surface area (Å²) < 4.78 is 40.1. The van der Waals surface area contributed by atoms with E-state index in [0.717, 1.165) is 11.6 Å². The normalized spacial score (nSPS) is 16.4. The van der Waals surface area contributed by atoms with Gasteiger partial charge < -0.3 is 4.90 Å². The van der Waals surface area contributed by atoms with Crippen LogP contribution in [0, 0.1) is 5.82 Å². The molecule has 0 aliphatic carbocycles. The number of sulfonamides is 1. The fraction of sp³-hybridized carbons (Fsp3) is 0.235. The third-order valence-electron chi connectivity index (χ3n) is 3.97. The molecule has 0 unspecified atom stereocenters. The van der Waals surface area contributed by atoms with Crippen molar-refractivity contribution in [3.05, 3.63) is 58.5 Å². The number of nitrogens with zero attached hydrogens (tertiary/aromatic N) is 2. The standard InChI is InChI=1S/C17H17FN2O3S2/c18-15-3-1-2-4-16(15)25(22,23)20-10-8-19(9-11-20)17(21)6-5-14-7-12-24-13-14/h1-7,12-13H,8-11H2/b6-5+. The van der Waals surface area contributed by atoms with Gasteiger partial charge in [-0.25, -0.2) is 12.8 Å². The van der Waals surface area contributed by atoms with Crippen LogP contribution in [-0.4, -0.2) is 49.7 Å². The Morgan fingerprint density at radius 2 is 1.84 bits per heavy atom. The molecule has 1 aromatic heterocycles. The van der Waals surface area contributed by atoms with Gasteiger partial charge in [-0.2, -0.15) is 15.6 Å². The van der Waals surface area contributed by atoms with Crippen molar-refractivity contribution in [2.75, 3.05) is 26.2 Å². The summed E-state index contributed by atoms with van der Waals surface area (Å²) in [7, 11) is -3.89. The van der Waals surface area contributed by atoms with Crippen molar-refractivity contribution in [2.24, 2.45) is 0 Å². The quantitative estimate of drug-likeness (QED) is 0.766. The molecule has 1 aliphatic heterocycles. The fourth-order valence-electron chi connectivity index (χ4n) is 2.58. The Kier molecular flexibility index (Phi) is 5.31. The SMILES string of the molecule is O=C(/C=C/c1ccsc1)N1CCN(S(=O)(=O)c2ccccc2F)CC1. The largest absolute Gasteiger partial charge is 0.337 e. The number of thiophene rings is 1. The number of carbonyl (C=O) groups is 1. The van der Waals surface area contributed by atoms with Gasteiger partial charge >= 0.3 is 0 Å². The van der Waals surface area contributed by atoms with Gasteiger partial charge in [-0.3, -0.25) is 4.79 Å². The molecular formula is C17H17FN2O3S2. The summed E-state index contributed by atoms with van der Waals surface area (Å²) in [5, 5.41) is 3.86. The second-order valence-corrected chi connectivity index (χ2v) is 8.24. The highest BCUT2D eigenvalue weighted by atomic mass is 32.2. The molecule has 3 rings (SSSR count). The molecule has 8 heteroatoms. The van der Waals surface area contributed by atoms with Crippen molar-refractivity contribution < 1.29 is 17.6 Å². The monoisotopic (exact) mass is 380 g/mol. The van der Waals surface area contributed by atoms with Crippen LogP contribution in [0.4, 0.5) is 4.39 Å². The molecule has 2 aromatic rings. The lowest BCUT2D eigenvalue weighted by Crippen LogP contribution is -2.50. The number of hydrogen-bond donors (Lipinski definition) is 0. The van der Waals surface area contributed by atoms with Gasteiger partial charge in [0.25, 0.3) is 0 Å². The predicted molar refractivity (Wildman–Crippen MR) is 95.1 cm³/mol. The van der Waals surface area contributed by atoms with E-state index in [4.69, 9.17) is 0 Å². The van der Waals surface area contributed by atoms with Crippen molar-refractivity contribution >= 4 is 33.3 Å². The predicted octanol–water partition coefficient (Wildman–Crippen LogP) is 2.43. The van der Waals surface area contributed by atoms with Gasteiger partial charge in [0.05, 0.1) is 0 Å². The molecule has 0 N–H and O–H groups in total. The Hall–Kier alpha value is -2.03. The molecule has 25 heavy (non-hydrogen) atoms. The van der Waals surface area contributed by atoms with E-state index in [-0.39, 0.29) is 37.0 Å². The molecule has 0 radical (unpaired) electrons. The summed E-state index contributed by atoms with van der Waals surface area (Å²) in [5.41, 5.74) is 0.958.